The van der Waals surface area contributed by atoms with Gasteiger partial charge < -0.3 is 4.90 Å². The van der Waals surface area contributed by atoms with Gasteiger partial charge in [-0.1, -0.05) is 36.9 Å². The Labute approximate surface area is 106 Å². The first-order valence-electron chi connectivity index (χ1n) is 5.63. The first kappa shape index (κ1) is 12.0. The van der Waals surface area contributed by atoms with Crippen molar-refractivity contribution in [2.24, 2.45) is 0 Å². The van der Waals surface area contributed by atoms with E-state index in [1.165, 1.54) is 11.8 Å². The third kappa shape index (κ3) is 2.80. The van der Waals surface area contributed by atoms with Crippen LogP contribution in [0.2, 0.25) is 0 Å². The lowest BCUT2D eigenvalue weighted by atomic mass is 10.2. The van der Waals surface area contributed by atoms with Crippen LogP contribution in [0.5, 0.6) is 0 Å². The molecule has 88 valence electrons. The lowest BCUT2D eigenvalue weighted by Gasteiger charge is -2.14. The van der Waals surface area contributed by atoms with E-state index in [4.69, 9.17) is 0 Å². The molecule has 1 aliphatic heterocycles. The minimum Gasteiger partial charge on any atom is -0.350 e. The number of thioether (sulfide) groups is 1. The summed E-state index contributed by atoms with van der Waals surface area (Å²) in [4.78, 5) is 14.8. The molecular formula is C14H15NOS. The van der Waals surface area contributed by atoms with Crippen LogP contribution < -0.4 is 4.90 Å². The molecule has 1 aromatic rings. The lowest BCUT2D eigenvalue weighted by molar-refractivity contribution is -0.107. The van der Waals surface area contributed by atoms with Gasteiger partial charge in [-0.15, -0.1) is 0 Å². The largest absolute Gasteiger partial charge is 0.350 e. The number of para-hydroxylation sites is 1. The highest BCUT2D eigenvalue weighted by Crippen LogP contribution is 2.32. The van der Waals surface area contributed by atoms with Crippen LogP contribution in [0.1, 0.15) is 13.3 Å². The highest BCUT2D eigenvalue weighted by Gasteiger charge is 2.19. The van der Waals surface area contributed by atoms with E-state index in [1.807, 2.05) is 54.6 Å². The minimum atomic E-state index is 0.143. The molecule has 0 bridgehead atoms. The molecule has 0 amide bonds. The van der Waals surface area contributed by atoms with Crippen molar-refractivity contribution in [1.29, 1.82) is 0 Å². The fraction of sp³-hybridized carbons (Fsp3) is 0.214. The molecule has 0 radical (unpaired) electrons. The Hall–Kier alpha value is -1.48. The molecule has 0 spiro atoms. The van der Waals surface area contributed by atoms with Crippen molar-refractivity contribution in [3.63, 3.8) is 0 Å². The van der Waals surface area contributed by atoms with Crippen LogP contribution >= 0.6 is 11.8 Å². The molecule has 0 atom stereocenters. The molecule has 0 saturated heterocycles. The van der Waals surface area contributed by atoms with E-state index >= 15 is 0 Å². The predicted octanol–water partition coefficient (Wildman–Crippen LogP) is 3.57. The van der Waals surface area contributed by atoms with Crippen LogP contribution in [0.3, 0.4) is 0 Å². The van der Waals surface area contributed by atoms with Crippen LogP contribution in [0.15, 0.2) is 53.1 Å². The molecule has 0 fully saturated rings. The van der Waals surface area contributed by atoms with Crippen LogP contribution in [-0.2, 0) is 4.79 Å². The van der Waals surface area contributed by atoms with E-state index in [2.05, 4.69) is 6.92 Å². The molecule has 1 aliphatic rings. The molecule has 0 saturated carbocycles. The van der Waals surface area contributed by atoms with Gasteiger partial charge in [-0.25, -0.2) is 0 Å². The lowest BCUT2D eigenvalue weighted by Crippen LogP contribution is -2.09. The van der Waals surface area contributed by atoms with Gasteiger partial charge in [-0.2, -0.15) is 0 Å². The summed E-state index contributed by atoms with van der Waals surface area (Å²) in [5.41, 5.74) is 1.86. The number of rotatable bonds is 3. The molecular weight excluding hydrogens is 230 g/mol. The molecule has 3 heteroatoms. The average Bonchev–Trinajstić information content (AvgIpc) is 2.71. The molecule has 0 aliphatic carbocycles. The molecule has 0 aromatic heterocycles. The summed E-state index contributed by atoms with van der Waals surface area (Å²) in [5, 5.41) is 0.143. The van der Waals surface area contributed by atoms with Crippen molar-refractivity contribution in [2.45, 2.75) is 13.3 Å². The van der Waals surface area contributed by atoms with Crippen molar-refractivity contribution < 1.29 is 4.79 Å². The van der Waals surface area contributed by atoms with E-state index in [-0.39, 0.29) is 5.12 Å². The second-order valence-corrected chi connectivity index (χ2v) is 4.98. The predicted molar refractivity (Wildman–Crippen MR) is 73.9 cm³/mol. The fourth-order valence-corrected chi connectivity index (χ4v) is 2.45. The van der Waals surface area contributed by atoms with E-state index in [9.17, 15) is 4.79 Å². The van der Waals surface area contributed by atoms with Crippen LogP contribution in [0, 0.1) is 0 Å². The van der Waals surface area contributed by atoms with Gasteiger partial charge in [0.15, 0.2) is 0 Å². The van der Waals surface area contributed by atoms with E-state index in [0.29, 0.717) is 0 Å². The summed E-state index contributed by atoms with van der Waals surface area (Å²) in [6.45, 7) is 2.07. The number of hydrogen-bond donors (Lipinski definition) is 0. The summed E-state index contributed by atoms with van der Waals surface area (Å²) >= 11 is 1.34. The Kier molecular flexibility index (Phi) is 3.69. The molecule has 0 N–H and O–H groups in total. The first-order chi connectivity index (χ1) is 8.20. The Balaban J connectivity index is 2.20. The second-order valence-electron chi connectivity index (χ2n) is 3.88. The SMILES string of the molecule is CCC1=CC(=CN(C)c2ccccc2)C(=O)S1. The monoisotopic (exact) mass is 245 g/mol. The normalized spacial score (nSPS) is 17.4. The molecule has 1 aromatic carbocycles. The molecule has 0 unspecified atom stereocenters. The number of carbonyl (C=O) groups is 1. The standard InChI is InChI=1S/C14H15NOS/c1-3-13-9-11(14(16)17-13)10-15(2)12-7-5-4-6-8-12/h4-10H,3H2,1-2H3. The van der Waals surface area contributed by atoms with Gasteiger partial charge in [0.1, 0.15) is 0 Å². The van der Waals surface area contributed by atoms with Crippen molar-refractivity contribution in [3.8, 4) is 0 Å². The van der Waals surface area contributed by atoms with Crippen LogP contribution in [-0.4, -0.2) is 12.2 Å². The third-order valence-corrected chi connectivity index (χ3v) is 3.71. The Morgan fingerprint density at radius 2 is 2.00 bits per heavy atom. The van der Waals surface area contributed by atoms with Gasteiger partial charge in [-0.3, -0.25) is 4.79 Å². The van der Waals surface area contributed by atoms with Gasteiger partial charge in [0.2, 0.25) is 5.12 Å². The van der Waals surface area contributed by atoms with Gasteiger partial charge >= 0.3 is 0 Å². The number of allylic oxidation sites excluding steroid dienone is 2. The number of benzene rings is 1. The Bertz CT molecular complexity index is 476. The zero-order valence-corrected chi connectivity index (χ0v) is 10.8. The summed E-state index contributed by atoms with van der Waals surface area (Å²) in [6, 6.07) is 10.0. The molecule has 1 heterocycles. The maximum absolute atomic E-state index is 11.7. The quantitative estimate of drug-likeness (QED) is 0.759. The summed E-state index contributed by atoms with van der Waals surface area (Å²) in [5.74, 6) is 0. The van der Waals surface area contributed by atoms with Crippen molar-refractivity contribution in [3.05, 3.63) is 53.1 Å². The first-order valence-corrected chi connectivity index (χ1v) is 6.45. The maximum atomic E-state index is 11.7. The average molecular weight is 245 g/mol. The van der Waals surface area contributed by atoms with Crippen LogP contribution in [0.25, 0.3) is 0 Å². The van der Waals surface area contributed by atoms with Crippen molar-refractivity contribution in [1.82, 2.24) is 0 Å². The summed E-state index contributed by atoms with van der Waals surface area (Å²) < 4.78 is 0. The number of anilines is 1. The van der Waals surface area contributed by atoms with Crippen LogP contribution in [0.4, 0.5) is 5.69 Å². The highest BCUT2D eigenvalue weighted by molar-refractivity contribution is 8.17. The van der Waals surface area contributed by atoms with Gasteiger partial charge in [0.05, 0.1) is 0 Å². The van der Waals surface area contributed by atoms with Crippen molar-refractivity contribution >= 4 is 22.6 Å². The van der Waals surface area contributed by atoms with E-state index in [1.54, 1.807) is 0 Å². The van der Waals surface area contributed by atoms with Gasteiger partial charge in [0, 0.05) is 24.5 Å². The van der Waals surface area contributed by atoms with Gasteiger partial charge in [0.25, 0.3) is 0 Å². The summed E-state index contributed by atoms with van der Waals surface area (Å²) in [6.07, 6.45) is 4.79. The number of carbonyl (C=O) groups excluding carboxylic acids is 1. The molecule has 17 heavy (non-hydrogen) atoms. The second kappa shape index (κ2) is 5.23. The number of nitrogens with zero attached hydrogens (tertiary/aromatic N) is 1. The maximum Gasteiger partial charge on any atom is 0.225 e. The van der Waals surface area contributed by atoms with Crippen molar-refractivity contribution in [2.75, 3.05) is 11.9 Å². The van der Waals surface area contributed by atoms with E-state index < -0.39 is 0 Å². The minimum absolute atomic E-state index is 0.143. The molecule has 2 rings (SSSR count). The number of hydrogen-bond acceptors (Lipinski definition) is 3. The fourth-order valence-electron chi connectivity index (χ4n) is 1.65. The summed E-state index contributed by atoms with van der Waals surface area (Å²) in [7, 11) is 1.96. The third-order valence-electron chi connectivity index (χ3n) is 2.62. The highest BCUT2D eigenvalue weighted by atomic mass is 32.2. The topological polar surface area (TPSA) is 20.3 Å². The Morgan fingerprint density at radius 1 is 1.29 bits per heavy atom. The molecule has 2 nitrogen and oxygen atoms in total. The zero-order chi connectivity index (χ0) is 12.3. The van der Waals surface area contributed by atoms with E-state index in [0.717, 1.165) is 22.6 Å². The smallest absolute Gasteiger partial charge is 0.225 e. The zero-order valence-electron chi connectivity index (χ0n) is 10.0. The Morgan fingerprint density at radius 3 is 2.59 bits per heavy atom. The van der Waals surface area contributed by atoms with Gasteiger partial charge in [-0.05, 0) is 29.5 Å².